The average Bonchev–Trinajstić information content (AvgIpc) is 2.42. The molecule has 8 heteroatoms. The summed E-state index contributed by atoms with van der Waals surface area (Å²) in [5.41, 5.74) is 1.62. The molecule has 108 valence electrons. The van der Waals surface area contributed by atoms with E-state index < -0.39 is 10.8 Å². The van der Waals surface area contributed by atoms with Gasteiger partial charge >= 0.3 is 0 Å². The quantitative estimate of drug-likeness (QED) is 0.694. The summed E-state index contributed by atoms with van der Waals surface area (Å²) in [6, 6.07) is 2.97. The van der Waals surface area contributed by atoms with E-state index in [0.717, 1.165) is 0 Å². The number of amides is 1. The van der Waals surface area contributed by atoms with E-state index in [1.165, 1.54) is 18.5 Å². The van der Waals surface area contributed by atoms with E-state index in [9.17, 15) is 14.9 Å². The lowest BCUT2D eigenvalue weighted by Gasteiger charge is -2.09. The Morgan fingerprint density at radius 2 is 1.95 bits per heavy atom. The molecular formula is C13H11ClN4O3. The van der Waals surface area contributed by atoms with E-state index >= 15 is 0 Å². The van der Waals surface area contributed by atoms with Crippen LogP contribution in [0.4, 0.5) is 11.4 Å². The third-order valence-electron chi connectivity index (χ3n) is 2.84. The normalized spacial score (nSPS) is 10.2. The molecule has 0 unspecified atom stereocenters. The number of aryl methyl sites for hydroxylation is 2. The highest BCUT2D eigenvalue weighted by Gasteiger charge is 2.16. The summed E-state index contributed by atoms with van der Waals surface area (Å²) in [6.07, 6.45) is 2.48. The molecule has 0 spiro atoms. The van der Waals surface area contributed by atoms with Crippen molar-refractivity contribution >= 4 is 28.9 Å². The van der Waals surface area contributed by atoms with E-state index in [4.69, 9.17) is 11.6 Å². The predicted molar refractivity (Wildman–Crippen MR) is 77.6 cm³/mol. The van der Waals surface area contributed by atoms with Gasteiger partial charge in [-0.2, -0.15) is 0 Å². The number of halogens is 1. The van der Waals surface area contributed by atoms with E-state index in [1.54, 1.807) is 19.9 Å². The zero-order chi connectivity index (χ0) is 15.6. The van der Waals surface area contributed by atoms with Gasteiger partial charge in [0.2, 0.25) is 0 Å². The van der Waals surface area contributed by atoms with Crippen LogP contribution in [-0.4, -0.2) is 20.8 Å². The second-order valence-electron chi connectivity index (χ2n) is 4.39. The number of anilines is 1. The van der Waals surface area contributed by atoms with E-state index in [-0.39, 0.29) is 16.5 Å². The molecule has 1 aromatic heterocycles. The summed E-state index contributed by atoms with van der Waals surface area (Å²) in [4.78, 5) is 30.1. The first-order valence-electron chi connectivity index (χ1n) is 5.93. The minimum atomic E-state index is -0.514. The van der Waals surface area contributed by atoms with E-state index in [1.807, 2.05) is 0 Å². The summed E-state index contributed by atoms with van der Waals surface area (Å²) in [5, 5.41) is 13.7. The molecular weight excluding hydrogens is 296 g/mol. The minimum Gasteiger partial charge on any atom is -0.320 e. The number of benzene rings is 1. The van der Waals surface area contributed by atoms with Crippen molar-refractivity contribution in [3.63, 3.8) is 0 Å². The van der Waals surface area contributed by atoms with Crippen LogP contribution in [0.2, 0.25) is 5.15 Å². The number of hydrogen-bond acceptors (Lipinski definition) is 5. The topological polar surface area (TPSA) is 98.0 Å². The summed E-state index contributed by atoms with van der Waals surface area (Å²) < 4.78 is 0. The van der Waals surface area contributed by atoms with Crippen molar-refractivity contribution in [1.29, 1.82) is 0 Å². The van der Waals surface area contributed by atoms with E-state index in [0.29, 0.717) is 16.8 Å². The van der Waals surface area contributed by atoms with Gasteiger partial charge in [-0.25, -0.2) is 9.97 Å². The highest BCUT2D eigenvalue weighted by atomic mass is 35.5. The molecule has 21 heavy (non-hydrogen) atoms. The van der Waals surface area contributed by atoms with Gasteiger partial charge in [0.05, 0.1) is 23.0 Å². The molecule has 1 N–H and O–H groups in total. The number of aromatic nitrogens is 2. The first-order valence-corrected chi connectivity index (χ1v) is 6.31. The van der Waals surface area contributed by atoms with Crippen LogP contribution in [0, 0.1) is 24.0 Å². The fourth-order valence-electron chi connectivity index (χ4n) is 1.79. The van der Waals surface area contributed by atoms with Crippen molar-refractivity contribution in [2.24, 2.45) is 0 Å². The number of carbonyl (C=O) groups excluding carboxylic acids is 1. The van der Waals surface area contributed by atoms with Crippen LogP contribution in [0.15, 0.2) is 24.5 Å². The number of nitrogens with zero attached hydrogens (tertiary/aromatic N) is 3. The third kappa shape index (κ3) is 3.32. The summed E-state index contributed by atoms with van der Waals surface area (Å²) >= 11 is 5.59. The Morgan fingerprint density at radius 3 is 2.52 bits per heavy atom. The van der Waals surface area contributed by atoms with Crippen LogP contribution < -0.4 is 5.32 Å². The molecule has 0 aliphatic carbocycles. The fraction of sp³-hybridized carbons (Fsp3) is 0.154. The van der Waals surface area contributed by atoms with Crippen molar-refractivity contribution in [2.75, 3.05) is 5.32 Å². The number of carbonyl (C=O) groups is 1. The zero-order valence-corrected chi connectivity index (χ0v) is 12.0. The molecule has 0 bridgehead atoms. The van der Waals surface area contributed by atoms with Crippen LogP contribution >= 0.6 is 11.6 Å². The molecule has 0 atom stereocenters. The Kier molecular flexibility index (Phi) is 4.13. The van der Waals surface area contributed by atoms with Crippen LogP contribution in [0.3, 0.4) is 0 Å². The lowest BCUT2D eigenvalue weighted by Crippen LogP contribution is -2.15. The molecule has 0 saturated carbocycles. The van der Waals surface area contributed by atoms with Crippen molar-refractivity contribution in [2.45, 2.75) is 13.8 Å². The second-order valence-corrected chi connectivity index (χ2v) is 4.78. The summed E-state index contributed by atoms with van der Waals surface area (Å²) in [5.74, 6) is -0.514. The molecule has 0 aliphatic rings. The highest BCUT2D eigenvalue weighted by molar-refractivity contribution is 6.29. The SMILES string of the molecule is Cc1cc(C)c([N+](=O)[O-])cc1NC(=O)c1cnc(Cl)cn1. The monoisotopic (exact) mass is 306 g/mol. The zero-order valence-electron chi connectivity index (χ0n) is 11.3. The highest BCUT2D eigenvalue weighted by Crippen LogP contribution is 2.26. The number of rotatable bonds is 3. The van der Waals surface area contributed by atoms with Gasteiger partial charge in [0.15, 0.2) is 0 Å². The molecule has 2 rings (SSSR count). The van der Waals surface area contributed by atoms with Gasteiger partial charge in [-0.05, 0) is 25.5 Å². The first kappa shape index (κ1) is 14.9. The van der Waals surface area contributed by atoms with Gasteiger partial charge in [0.25, 0.3) is 11.6 Å². The molecule has 1 heterocycles. The lowest BCUT2D eigenvalue weighted by atomic mass is 10.1. The van der Waals surface area contributed by atoms with Crippen molar-refractivity contribution in [3.8, 4) is 0 Å². The molecule has 1 aromatic carbocycles. The second kappa shape index (κ2) is 5.84. The Labute approximate surface area is 125 Å². The molecule has 0 saturated heterocycles. The van der Waals surface area contributed by atoms with Crippen molar-refractivity contribution in [1.82, 2.24) is 9.97 Å². The molecule has 0 radical (unpaired) electrons. The van der Waals surface area contributed by atoms with Crippen molar-refractivity contribution in [3.05, 3.63) is 56.6 Å². The maximum absolute atomic E-state index is 12.0. The number of nitrogens with one attached hydrogen (secondary N) is 1. The van der Waals surface area contributed by atoms with Gasteiger partial charge in [0, 0.05) is 11.6 Å². The van der Waals surface area contributed by atoms with Crippen LogP contribution in [0.1, 0.15) is 21.6 Å². The maximum Gasteiger partial charge on any atom is 0.275 e. The van der Waals surface area contributed by atoms with Gasteiger partial charge in [0.1, 0.15) is 10.8 Å². The minimum absolute atomic E-state index is 0.0573. The van der Waals surface area contributed by atoms with Crippen LogP contribution in [0.25, 0.3) is 0 Å². The van der Waals surface area contributed by atoms with Crippen molar-refractivity contribution < 1.29 is 9.72 Å². The van der Waals surface area contributed by atoms with Gasteiger partial charge in [-0.1, -0.05) is 11.6 Å². The number of nitro benzene ring substituents is 1. The molecule has 0 aliphatic heterocycles. The molecule has 2 aromatic rings. The Hall–Kier alpha value is -2.54. The lowest BCUT2D eigenvalue weighted by molar-refractivity contribution is -0.385. The van der Waals surface area contributed by atoms with Gasteiger partial charge in [-0.15, -0.1) is 0 Å². The maximum atomic E-state index is 12.0. The van der Waals surface area contributed by atoms with Gasteiger partial charge in [-0.3, -0.25) is 14.9 Å². The molecule has 7 nitrogen and oxygen atoms in total. The summed E-state index contributed by atoms with van der Waals surface area (Å²) in [6.45, 7) is 3.39. The third-order valence-corrected chi connectivity index (χ3v) is 3.04. The largest absolute Gasteiger partial charge is 0.320 e. The van der Waals surface area contributed by atoms with E-state index in [2.05, 4.69) is 15.3 Å². The molecule has 1 amide bonds. The fourth-order valence-corrected chi connectivity index (χ4v) is 1.89. The number of nitro groups is 1. The predicted octanol–water partition coefficient (Wildman–Crippen LogP) is 2.91. The van der Waals surface area contributed by atoms with Gasteiger partial charge < -0.3 is 5.32 Å². The van der Waals surface area contributed by atoms with Crippen LogP contribution in [0.5, 0.6) is 0 Å². The van der Waals surface area contributed by atoms with Crippen LogP contribution in [-0.2, 0) is 0 Å². The standard InChI is InChI=1S/C13H11ClN4O3/c1-7-3-8(2)11(18(20)21)4-9(7)17-13(19)10-5-16-12(14)6-15-10/h3-6H,1-2H3,(H,17,19). The first-order chi connectivity index (χ1) is 9.88. The Morgan fingerprint density at radius 1 is 1.24 bits per heavy atom. The Bertz CT molecular complexity index is 716. The molecule has 0 fully saturated rings. The number of hydrogen-bond donors (Lipinski definition) is 1. The Balaban J connectivity index is 2.30. The average molecular weight is 307 g/mol. The summed E-state index contributed by atoms with van der Waals surface area (Å²) in [7, 11) is 0. The smallest absolute Gasteiger partial charge is 0.275 e.